The number of rotatable bonds is 9. The molecule has 0 aliphatic heterocycles. The Morgan fingerprint density at radius 1 is 1.06 bits per heavy atom. The van der Waals surface area contributed by atoms with E-state index in [9.17, 15) is 22.4 Å². The van der Waals surface area contributed by atoms with E-state index in [1.54, 1.807) is 43.3 Å². The maximum atomic E-state index is 13.3. The Balaban J connectivity index is 2.27. The molecule has 0 saturated carbocycles. The van der Waals surface area contributed by atoms with Crippen molar-refractivity contribution in [3.8, 4) is 0 Å². The van der Waals surface area contributed by atoms with E-state index in [1.165, 1.54) is 35.2 Å². The molecule has 8 heteroatoms. The van der Waals surface area contributed by atoms with Crippen LogP contribution in [0.5, 0.6) is 0 Å². The zero-order valence-corrected chi connectivity index (χ0v) is 19.1. The van der Waals surface area contributed by atoms with Crippen LogP contribution in [0, 0.1) is 11.7 Å². The summed E-state index contributed by atoms with van der Waals surface area (Å²) in [7, 11) is -4.12. The highest BCUT2D eigenvalue weighted by atomic mass is 32.2. The summed E-state index contributed by atoms with van der Waals surface area (Å²) < 4.78 is 40.1. The van der Waals surface area contributed by atoms with Gasteiger partial charge in [0.25, 0.3) is 10.0 Å². The van der Waals surface area contributed by atoms with Gasteiger partial charge in [0, 0.05) is 12.2 Å². The second-order valence-corrected chi connectivity index (χ2v) is 8.92. The summed E-state index contributed by atoms with van der Waals surface area (Å²) in [6.07, 6.45) is 3.09. The average molecular weight is 459 g/mol. The molecular formula is C24H27FN2O4S. The minimum atomic E-state index is -4.12. The smallest absolute Gasteiger partial charge is 0.257 e. The Kier molecular flexibility index (Phi) is 8.90. The highest BCUT2D eigenvalue weighted by molar-refractivity contribution is 7.93. The maximum Gasteiger partial charge on any atom is 0.257 e. The van der Waals surface area contributed by atoms with Gasteiger partial charge < -0.3 is 4.90 Å². The van der Waals surface area contributed by atoms with Crippen molar-refractivity contribution in [2.24, 2.45) is 5.92 Å². The molecule has 0 spiro atoms. The summed E-state index contributed by atoms with van der Waals surface area (Å²) in [6, 6.07) is 14.1. The quantitative estimate of drug-likeness (QED) is 0.449. The van der Waals surface area contributed by atoms with Crippen molar-refractivity contribution in [3.05, 3.63) is 83.0 Å². The van der Waals surface area contributed by atoms with Gasteiger partial charge in [-0.15, -0.1) is 0 Å². The molecule has 0 aliphatic carbocycles. The van der Waals surface area contributed by atoms with Crippen molar-refractivity contribution >= 4 is 33.6 Å². The Morgan fingerprint density at radius 2 is 1.69 bits per heavy atom. The monoisotopic (exact) mass is 458 g/mol. The zero-order valence-electron chi connectivity index (χ0n) is 18.3. The Labute approximate surface area is 188 Å². The van der Waals surface area contributed by atoms with Crippen LogP contribution in [-0.2, 0) is 19.6 Å². The Morgan fingerprint density at radius 3 is 2.25 bits per heavy atom. The van der Waals surface area contributed by atoms with Gasteiger partial charge in [-0.2, -0.15) is 0 Å². The highest BCUT2D eigenvalue weighted by Gasteiger charge is 2.32. The number of hydrogen-bond acceptors (Lipinski definition) is 4. The number of benzene rings is 2. The van der Waals surface area contributed by atoms with Crippen molar-refractivity contribution in [2.75, 3.05) is 11.4 Å². The summed E-state index contributed by atoms with van der Waals surface area (Å²) >= 11 is 0. The molecule has 0 fully saturated rings. The van der Waals surface area contributed by atoms with E-state index in [0.29, 0.717) is 11.3 Å². The van der Waals surface area contributed by atoms with Gasteiger partial charge in [-0.05, 0) is 63.1 Å². The molecule has 0 aliphatic rings. The molecule has 1 unspecified atom stereocenters. The first-order chi connectivity index (χ1) is 15.1. The predicted octanol–water partition coefficient (Wildman–Crippen LogP) is 4.27. The molecule has 0 saturated heterocycles. The van der Waals surface area contributed by atoms with Crippen molar-refractivity contribution in [1.82, 2.24) is 4.72 Å². The standard InChI is InChI=1S/C24H27FN2O4S/c1-4-27(21-13-11-20(25)12-14-21)24(29)22(15-10-18(2)3)23(28)26-32(30,31)17-16-19-8-6-5-7-9-19/h5-14,16-17,22H,4,15H2,1-3H3,(H,26,28). The molecule has 170 valence electrons. The fourth-order valence-corrected chi connectivity index (χ4v) is 3.75. The lowest BCUT2D eigenvalue weighted by atomic mass is 10.0. The Bertz CT molecular complexity index is 1090. The van der Waals surface area contributed by atoms with Gasteiger partial charge in [0.05, 0.1) is 5.41 Å². The zero-order chi connectivity index (χ0) is 23.7. The molecule has 0 radical (unpaired) electrons. The number of anilines is 1. The molecule has 6 nitrogen and oxygen atoms in total. The van der Waals surface area contributed by atoms with Gasteiger partial charge >= 0.3 is 0 Å². The molecule has 1 atom stereocenters. The number of halogens is 1. The van der Waals surface area contributed by atoms with E-state index < -0.39 is 33.6 Å². The molecule has 2 amide bonds. The largest absolute Gasteiger partial charge is 0.312 e. The van der Waals surface area contributed by atoms with Gasteiger partial charge in [0.2, 0.25) is 11.8 Å². The maximum absolute atomic E-state index is 13.3. The van der Waals surface area contributed by atoms with E-state index in [4.69, 9.17) is 0 Å². The van der Waals surface area contributed by atoms with Crippen molar-refractivity contribution < 1.29 is 22.4 Å². The minimum absolute atomic E-state index is 0.0304. The summed E-state index contributed by atoms with van der Waals surface area (Å²) in [5, 5.41) is 0.889. The molecule has 2 aromatic carbocycles. The van der Waals surface area contributed by atoms with Crippen LogP contribution in [0.4, 0.5) is 10.1 Å². The van der Waals surface area contributed by atoms with E-state index in [-0.39, 0.29) is 13.0 Å². The van der Waals surface area contributed by atoms with Gasteiger partial charge in [-0.3, -0.25) is 9.59 Å². The first-order valence-electron chi connectivity index (χ1n) is 10.1. The molecule has 2 rings (SSSR count). The van der Waals surface area contributed by atoms with Gasteiger partial charge in [0.1, 0.15) is 11.7 Å². The second-order valence-electron chi connectivity index (χ2n) is 7.35. The SMILES string of the molecule is CCN(C(=O)C(CC=C(C)C)C(=O)NS(=O)(=O)C=Cc1ccccc1)c1ccc(F)cc1. The third-order valence-electron chi connectivity index (χ3n) is 4.58. The molecule has 1 N–H and O–H groups in total. The predicted molar refractivity (Wildman–Crippen MR) is 125 cm³/mol. The molecular weight excluding hydrogens is 431 g/mol. The molecule has 2 aromatic rings. The van der Waals surface area contributed by atoms with Crippen molar-refractivity contribution in [1.29, 1.82) is 0 Å². The third kappa shape index (κ3) is 7.46. The van der Waals surface area contributed by atoms with Gasteiger partial charge in [-0.25, -0.2) is 17.5 Å². The van der Waals surface area contributed by atoms with Crippen LogP contribution in [0.1, 0.15) is 32.8 Å². The fourth-order valence-electron chi connectivity index (χ4n) is 2.93. The summed E-state index contributed by atoms with van der Waals surface area (Å²) in [4.78, 5) is 27.4. The van der Waals surface area contributed by atoms with Crippen LogP contribution in [0.15, 0.2) is 71.7 Å². The topological polar surface area (TPSA) is 83.6 Å². The van der Waals surface area contributed by atoms with Crippen molar-refractivity contribution in [3.63, 3.8) is 0 Å². The van der Waals surface area contributed by atoms with E-state index in [1.807, 2.05) is 18.6 Å². The first-order valence-corrected chi connectivity index (χ1v) is 11.7. The van der Waals surface area contributed by atoms with Crippen LogP contribution in [0.3, 0.4) is 0 Å². The lowest BCUT2D eigenvalue weighted by Crippen LogP contribution is -2.45. The van der Waals surface area contributed by atoms with Crippen molar-refractivity contribution in [2.45, 2.75) is 27.2 Å². The van der Waals surface area contributed by atoms with Crippen LogP contribution < -0.4 is 9.62 Å². The lowest BCUT2D eigenvalue weighted by molar-refractivity contribution is -0.132. The minimum Gasteiger partial charge on any atom is -0.312 e. The van der Waals surface area contributed by atoms with E-state index >= 15 is 0 Å². The number of allylic oxidation sites excluding steroid dienone is 2. The average Bonchev–Trinajstić information content (AvgIpc) is 2.74. The van der Waals surface area contributed by atoms with Gasteiger partial charge in [-0.1, -0.05) is 42.0 Å². The molecule has 32 heavy (non-hydrogen) atoms. The van der Waals surface area contributed by atoms with Crippen LogP contribution in [0.2, 0.25) is 0 Å². The summed E-state index contributed by atoms with van der Waals surface area (Å²) in [5.74, 6) is -3.22. The number of nitrogens with zero attached hydrogens (tertiary/aromatic N) is 1. The lowest BCUT2D eigenvalue weighted by Gasteiger charge is -2.25. The summed E-state index contributed by atoms with van der Waals surface area (Å²) in [5.41, 5.74) is 1.95. The first kappa shape index (κ1) is 25.0. The van der Waals surface area contributed by atoms with E-state index in [0.717, 1.165) is 11.0 Å². The number of carbonyl (C=O) groups excluding carboxylic acids is 2. The molecule has 0 aromatic heterocycles. The molecule has 0 bridgehead atoms. The van der Waals surface area contributed by atoms with Crippen LogP contribution >= 0.6 is 0 Å². The number of carbonyl (C=O) groups is 2. The summed E-state index contributed by atoms with van der Waals surface area (Å²) in [6.45, 7) is 5.58. The van der Waals surface area contributed by atoms with Gasteiger partial charge in [0.15, 0.2) is 0 Å². The van der Waals surface area contributed by atoms with Crippen LogP contribution in [-0.4, -0.2) is 26.8 Å². The molecule has 0 heterocycles. The second kappa shape index (κ2) is 11.4. The number of amides is 2. The normalized spacial score (nSPS) is 12.2. The number of hydrogen-bond donors (Lipinski definition) is 1. The highest BCUT2D eigenvalue weighted by Crippen LogP contribution is 2.20. The number of nitrogens with one attached hydrogen (secondary N) is 1. The van der Waals surface area contributed by atoms with Crippen LogP contribution in [0.25, 0.3) is 6.08 Å². The fraction of sp³-hybridized carbons (Fsp3) is 0.250. The third-order valence-corrected chi connectivity index (χ3v) is 5.56. The number of sulfonamides is 1. The Hall–Kier alpha value is -3.26. The van der Waals surface area contributed by atoms with E-state index in [2.05, 4.69) is 0 Å².